The molecule has 0 radical (unpaired) electrons. The van der Waals surface area contributed by atoms with E-state index in [0.717, 1.165) is 31.4 Å². The highest BCUT2D eigenvalue weighted by Crippen LogP contribution is 2.21. The number of rotatable bonds is 7. The lowest BCUT2D eigenvalue weighted by Gasteiger charge is -2.26. The van der Waals surface area contributed by atoms with Crippen LogP contribution in [0.5, 0.6) is 0 Å². The molecule has 0 spiro atoms. The minimum atomic E-state index is -0.561. The Bertz CT molecular complexity index is 607. The highest BCUT2D eigenvalue weighted by molar-refractivity contribution is 7.98. The highest BCUT2D eigenvalue weighted by Gasteiger charge is 2.25. The monoisotopic (exact) mass is 402 g/mol. The number of benzene rings is 1. The van der Waals surface area contributed by atoms with Crippen LogP contribution in [-0.4, -0.2) is 35.9 Å². The van der Waals surface area contributed by atoms with Crippen molar-refractivity contribution in [1.29, 1.82) is 0 Å². The number of hydrogen-bond acceptors (Lipinski definition) is 3. The van der Waals surface area contributed by atoms with Crippen molar-refractivity contribution >= 4 is 46.8 Å². The van der Waals surface area contributed by atoms with Crippen molar-refractivity contribution in [2.24, 2.45) is 0 Å². The number of hydrogen-bond donors (Lipinski definition) is 2. The summed E-state index contributed by atoms with van der Waals surface area (Å²) >= 11 is 13.6. The van der Waals surface area contributed by atoms with Crippen molar-refractivity contribution in [2.45, 2.75) is 50.6 Å². The number of halogens is 2. The first-order valence-corrected chi connectivity index (χ1v) is 10.7. The van der Waals surface area contributed by atoms with Gasteiger partial charge < -0.3 is 10.6 Å². The molecule has 7 heteroatoms. The second kappa shape index (κ2) is 10.3. The van der Waals surface area contributed by atoms with E-state index in [2.05, 4.69) is 10.6 Å². The van der Waals surface area contributed by atoms with Gasteiger partial charge >= 0.3 is 0 Å². The van der Waals surface area contributed by atoms with Gasteiger partial charge in [0.25, 0.3) is 5.91 Å². The number of carbonyl (C=O) groups is 2. The second-order valence-corrected chi connectivity index (χ2v) is 8.10. The molecular formula is C18H24Cl2N2O2S. The average Bonchev–Trinajstić information content (AvgIpc) is 2.59. The summed E-state index contributed by atoms with van der Waals surface area (Å²) in [5.41, 5.74) is 0.325. The van der Waals surface area contributed by atoms with Crippen molar-refractivity contribution < 1.29 is 9.59 Å². The topological polar surface area (TPSA) is 58.2 Å². The maximum Gasteiger partial charge on any atom is 0.253 e. The van der Waals surface area contributed by atoms with Crippen molar-refractivity contribution in [3.8, 4) is 0 Å². The predicted molar refractivity (Wildman–Crippen MR) is 106 cm³/mol. The third-order valence-corrected chi connectivity index (χ3v) is 5.55. The summed E-state index contributed by atoms with van der Waals surface area (Å²) < 4.78 is 0. The molecule has 1 aliphatic rings. The van der Waals surface area contributed by atoms with Gasteiger partial charge in [0.1, 0.15) is 6.04 Å². The molecule has 1 atom stereocenters. The maximum atomic E-state index is 12.6. The SMILES string of the molecule is CSCCC(NC(=O)c1ccc(Cl)cc1Cl)C(=O)NC1CCCCC1. The van der Waals surface area contributed by atoms with E-state index in [-0.39, 0.29) is 22.9 Å². The number of amides is 2. The molecule has 1 fully saturated rings. The van der Waals surface area contributed by atoms with Gasteiger partial charge in [0, 0.05) is 11.1 Å². The number of thioether (sulfide) groups is 1. The fourth-order valence-corrected chi connectivity index (χ4v) is 3.93. The molecule has 2 rings (SSSR count). The van der Waals surface area contributed by atoms with Crippen LogP contribution in [0.3, 0.4) is 0 Å². The largest absolute Gasteiger partial charge is 0.352 e. The first-order valence-electron chi connectivity index (χ1n) is 8.56. The van der Waals surface area contributed by atoms with Crippen LogP contribution >= 0.6 is 35.0 Å². The third kappa shape index (κ3) is 6.39. The van der Waals surface area contributed by atoms with Crippen LogP contribution in [0.4, 0.5) is 0 Å². The van der Waals surface area contributed by atoms with E-state index in [9.17, 15) is 9.59 Å². The normalized spacial score (nSPS) is 16.3. The van der Waals surface area contributed by atoms with Gasteiger partial charge in [-0.05, 0) is 49.5 Å². The van der Waals surface area contributed by atoms with Crippen LogP contribution in [0, 0.1) is 0 Å². The van der Waals surface area contributed by atoms with Crippen molar-refractivity contribution in [2.75, 3.05) is 12.0 Å². The molecule has 1 saturated carbocycles. The molecule has 2 N–H and O–H groups in total. The number of nitrogens with one attached hydrogen (secondary N) is 2. The maximum absolute atomic E-state index is 12.6. The molecule has 0 aliphatic heterocycles. The van der Waals surface area contributed by atoms with Crippen LogP contribution in [0.25, 0.3) is 0 Å². The van der Waals surface area contributed by atoms with Gasteiger partial charge in [-0.15, -0.1) is 0 Å². The van der Waals surface area contributed by atoms with Gasteiger partial charge in [0.2, 0.25) is 5.91 Å². The van der Waals surface area contributed by atoms with E-state index >= 15 is 0 Å². The van der Waals surface area contributed by atoms with Crippen molar-refractivity contribution in [1.82, 2.24) is 10.6 Å². The fraction of sp³-hybridized carbons (Fsp3) is 0.556. The smallest absolute Gasteiger partial charge is 0.253 e. The Balaban J connectivity index is 2.02. The lowest BCUT2D eigenvalue weighted by atomic mass is 9.95. The van der Waals surface area contributed by atoms with E-state index in [1.165, 1.54) is 12.5 Å². The molecule has 138 valence electrons. The Labute approximate surface area is 163 Å². The molecule has 1 unspecified atom stereocenters. The first kappa shape index (κ1) is 20.4. The summed E-state index contributed by atoms with van der Waals surface area (Å²) in [5, 5.41) is 6.66. The Morgan fingerprint density at radius 2 is 1.96 bits per heavy atom. The molecule has 0 bridgehead atoms. The molecular weight excluding hydrogens is 379 g/mol. The molecule has 1 aromatic rings. The van der Waals surface area contributed by atoms with Crippen LogP contribution in [-0.2, 0) is 4.79 Å². The zero-order valence-corrected chi connectivity index (χ0v) is 16.6. The molecule has 0 heterocycles. The van der Waals surface area contributed by atoms with Gasteiger partial charge in [-0.1, -0.05) is 42.5 Å². The summed E-state index contributed by atoms with van der Waals surface area (Å²) in [5.74, 6) is 0.322. The van der Waals surface area contributed by atoms with E-state index in [1.54, 1.807) is 23.9 Å². The Kier molecular flexibility index (Phi) is 8.40. The van der Waals surface area contributed by atoms with Gasteiger partial charge in [-0.3, -0.25) is 9.59 Å². The summed E-state index contributed by atoms with van der Waals surface area (Å²) in [4.78, 5) is 25.2. The van der Waals surface area contributed by atoms with Gasteiger partial charge in [0.15, 0.2) is 0 Å². The third-order valence-electron chi connectivity index (χ3n) is 4.36. The van der Waals surface area contributed by atoms with E-state index in [1.807, 2.05) is 6.26 Å². The molecule has 0 saturated heterocycles. The molecule has 1 aromatic carbocycles. The molecule has 4 nitrogen and oxygen atoms in total. The fourth-order valence-electron chi connectivity index (χ4n) is 2.96. The van der Waals surface area contributed by atoms with E-state index < -0.39 is 6.04 Å². The zero-order chi connectivity index (χ0) is 18.2. The lowest BCUT2D eigenvalue weighted by molar-refractivity contribution is -0.123. The standard InChI is InChI=1S/C18H24Cl2N2O2S/c1-25-10-9-16(18(24)21-13-5-3-2-4-6-13)22-17(23)14-8-7-12(19)11-15(14)20/h7-8,11,13,16H,2-6,9-10H2,1H3,(H,21,24)(H,22,23). The molecule has 1 aliphatic carbocycles. The lowest BCUT2D eigenvalue weighted by Crippen LogP contribution is -2.50. The molecule has 25 heavy (non-hydrogen) atoms. The van der Waals surface area contributed by atoms with Crippen LogP contribution < -0.4 is 10.6 Å². The number of carbonyl (C=O) groups excluding carboxylic acids is 2. The highest BCUT2D eigenvalue weighted by atomic mass is 35.5. The summed E-state index contributed by atoms with van der Waals surface area (Å²) in [7, 11) is 0. The molecule has 2 amide bonds. The Morgan fingerprint density at radius 1 is 1.24 bits per heavy atom. The first-order chi connectivity index (χ1) is 12.0. The van der Waals surface area contributed by atoms with Crippen molar-refractivity contribution in [3.63, 3.8) is 0 Å². The van der Waals surface area contributed by atoms with Crippen LogP contribution in [0.2, 0.25) is 10.0 Å². The summed E-state index contributed by atoms with van der Waals surface area (Å²) in [6.07, 6.45) is 8.11. The zero-order valence-electron chi connectivity index (χ0n) is 14.3. The van der Waals surface area contributed by atoms with Gasteiger partial charge in [-0.25, -0.2) is 0 Å². The van der Waals surface area contributed by atoms with Crippen LogP contribution in [0.15, 0.2) is 18.2 Å². The predicted octanol–water partition coefficient (Wildman–Crippen LogP) is 4.29. The minimum Gasteiger partial charge on any atom is -0.352 e. The average molecular weight is 403 g/mol. The molecule has 0 aromatic heterocycles. The minimum absolute atomic E-state index is 0.112. The van der Waals surface area contributed by atoms with Crippen molar-refractivity contribution in [3.05, 3.63) is 33.8 Å². The summed E-state index contributed by atoms with van der Waals surface area (Å²) in [6.45, 7) is 0. The Morgan fingerprint density at radius 3 is 2.60 bits per heavy atom. The van der Waals surface area contributed by atoms with Crippen LogP contribution in [0.1, 0.15) is 48.9 Å². The second-order valence-electron chi connectivity index (χ2n) is 6.28. The van der Waals surface area contributed by atoms with E-state index in [0.29, 0.717) is 17.0 Å². The quantitative estimate of drug-likeness (QED) is 0.714. The Hall–Kier alpha value is -0.910. The van der Waals surface area contributed by atoms with Gasteiger partial charge in [-0.2, -0.15) is 11.8 Å². The van der Waals surface area contributed by atoms with Gasteiger partial charge in [0.05, 0.1) is 10.6 Å². The van der Waals surface area contributed by atoms with E-state index in [4.69, 9.17) is 23.2 Å². The summed E-state index contributed by atoms with van der Waals surface area (Å²) in [6, 6.07) is 4.37.